The molecule has 0 aliphatic carbocycles. The van der Waals surface area contributed by atoms with Crippen LogP contribution in [0.4, 0.5) is 0 Å². The molecule has 1 aromatic carbocycles. The lowest BCUT2D eigenvalue weighted by Crippen LogP contribution is -2.48. The van der Waals surface area contributed by atoms with Crippen molar-refractivity contribution in [3.8, 4) is 0 Å². The second-order valence-corrected chi connectivity index (χ2v) is 5.59. The van der Waals surface area contributed by atoms with Gasteiger partial charge in [0.1, 0.15) is 0 Å². The molecule has 2 atom stereocenters. The third kappa shape index (κ3) is 2.63. The van der Waals surface area contributed by atoms with Crippen molar-refractivity contribution in [2.75, 3.05) is 13.1 Å². The Balaban J connectivity index is 2.22. The molecule has 1 aromatic rings. The van der Waals surface area contributed by atoms with Gasteiger partial charge in [-0.15, -0.1) is 0 Å². The van der Waals surface area contributed by atoms with Gasteiger partial charge in [-0.1, -0.05) is 36.2 Å². The largest absolute Gasteiger partial charge is 0.338 e. The van der Waals surface area contributed by atoms with E-state index in [1.54, 1.807) is 23.1 Å². The first kappa shape index (κ1) is 13.7. The van der Waals surface area contributed by atoms with Gasteiger partial charge in [0.05, 0.1) is 15.6 Å². The summed E-state index contributed by atoms with van der Waals surface area (Å²) in [5.41, 5.74) is 6.34. The number of benzene rings is 1. The van der Waals surface area contributed by atoms with Gasteiger partial charge < -0.3 is 10.6 Å². The van der Waals surface area contributed by atoms with Crippen LogP contribution in [0.3, 0.4) is 0 Å². The molecule has 0 radical (unpaired) electrons. The molecule has 1 aliphatic heterocycles. The van der Waals surface area contributed by atoms with Crippen molar-refractivity contribution < 1.29 is 4.79 Å². The number of amides is 1. The number of piperidine rings is 1. The highest BCUT2D eigenvalue weighted by atomic mass is 35.5. The number of hydrogen-bond donors (Lipinski definition) is 1. The zero-order chi connectivity index (χ0) is 13.3. The molecular formula is C13H16Cl2N2O. The Hall–Kier alpha value is -0.770. The molecule has 2 rings (SSSR count). The van der Waals surface area contributed by atoms with Gasteiger partial charge in [-0.2, -0.15) is 0 Å². The summed E-state index contributed by atoms with van der Waals surface area (Å²) in [5, 5.41) is 0.796. The highest BCUT2D eigenvalue weighted by molar-refractivity contribution is 6.39. The van der Waals surface area contributed by atoms with Crippen molar-refractivity contribution in [1.29, 1.82) is 0 Å². The number of likely N-dealkylation sites (tertiary alicyclic amines) is 1. The average Bonchev–Trinajstić information content (AvgIpc) is 2.32. The molecule has 0 saturated carbocycles. The summed E-state index contributed by atoms with van der Waals surface area (Å²) >= 11 is 12.1. The third-order valence-corrected chi connectivity index (χ3v) is 4.07. The molecule has 18 heavy (non-hydrogen) atoms. The minimum Gasteiger partial charge on any atom is -0.338 e. The maximum absolute atomic E-state index is 12.4. The number of halogens is 2. The smallest absolute Gasteiger partial charge is 0.256 e. The second-order valence-electron chi connectivity index (χ2n) is 4.78. The van der Waals surface area contributed by atoms with Gasteiger partial charge in [0.2, 0.25) is 0 Å². The van der Waals surface area contributed by atoms with Crippen LogP contribution in [0.15, 0.2) is 18.2 Å². The van der Waals surface area contributed by atoms with Gasteiger partial charge in [-0.3, -0.25) is 4.79 Å². The number of nitrogens with two attached hydrogens (primary N) is 1. The Morgan fingerprint density at radius 3 is 2.56 bits per heavy atom. The van der Waals surface area contributed by atoms with E-state index in [-0.39, 0.29) is 11.9 Å². The highest BCUT2D eigenvalue weighted by Gasteiger charge is 2.28. The van der Waals surface area contributed by atoms with Crippen molar-refractivity contribution >= 4 is 29.1 Å². The lowest BCUT2D eigenvalue weighted by molar-refractivity contribution is 0.0664. The maximum Gasteiger partial charge on any atom is 0.256 e. The minimum absolute atomic E-state index is 0.107. The molecule has 2 N–H and O–H groups in total. The Labute approximate surface area is 117 Å². The van der Waals surface area contributed by atoms with Gasteiger partial charge in [-0.25, -0.2) is 0 Å². The molecule has 5 heteroatoms. The average molecular weight is 287 g/mol. The van der Waals surface area contributed by atoms with Crippen LogP contribution < -0.4 is 5.73 Å². The number of hydrogen-bond acceptors (Lipinski definition) is 2. The van der Waals surface area contributed by atoms with E-state index in [0.29, 0.717) is 34.6 Å². The quantitative estimate of drug-likeness (QED) is 0.863. The van der Waals surface area contributed by atoms with Gasteiger partial charge in [-0.05, 0) is 24.5 Å². The van der Waals surface area contributed by atoms with Crippen LogP contribution in [0, 0.1) is 5.92 Å². The SMILES string of the molecule is CC1CN(C(=O)c2c(Cl)cccc2Cl)CCC1N. The lowest BCUT2D eigenvalue weighted by atomic mass is 9.94. The fraction of sp³-hybridized carbons (Fsp3) is 0.462. The van der Waals surface area contributed by atoms with Crippen molar-refractivity contribution in [1.82, 2.24) is 4.90 Å². The summed E-state index contributed by atoms with van der Waals surface area (Å²) in [7, 11) is 0. The maximum atomic E-state index is 12.4. The van der Waals surface area contributed by atoms with Crippen molar-refractivity contribution in [2.24, 2.45) is 11.7 Å². The van der Waals surface area contributed by atoms with Crippen molar-refractivity contribution in [3.05, 3.63) is 33.8 Å². The Morgan fingerprint density at radius 2 is 2.00 bits per heavy atom. The summed E-state index contributed by atoms with van der Waals surface area (Å²) in [6, 6.07) is 5.26. The van der Waals surface area contributed by atoms with E-state index in [2.05, 4.69) is 6.92 Å². The van der Waals surface area contributed by atoms with E-state index in [1.165, 1.54) is 0 Å². The highest BCUT2D eigenvalue weighted by Crippen LogP contribution is 2.27. The van der Waals surface area contributed by atoms with E-state index in [1.807, 2.05) is 0 Å². The monoisotopic (exact) mass is 286 g/mol. The lowest BCUT2D eigenvalue weighted by Gasteiger charge is -2.35. The molecule has 3 nitrogen and oxygen atoms in total. The topological polar surface area (TPSA) is 46.3 Å². The summed E-state index contributed by atoms with van der Waals surface area (Å²) < 4.78 is 0. The van der Waals surface area contributed by atoms with Gasteiger partial charge in [0.15, 0.2) is 0 Å². The Bertz CT molecular complexity index is 444. The van der Waals surface area contributed by atoms with E-state index < -0.39 is 0 Å². The normalized spacial score (nSPS) is 24.1. The van der Waals surface area contributed by atoms with Crippen LogP contribution >= 0.6 is 23.2 Å². The summed E-state index contributed by atoms with van der Waals surface area (Å²) in [6.07, 6.45) is 0.814. The molecule has 1 aliphatic rings. The first-order valence-electron chi connectivity index (χ1n) is 5.99. The molecule has 0 spiro atoms. The second kappa shape index (κ2) is 5.47. The third-order valence-electron chi connectivity index (χ3n) is 3.44. The zero-order valence-corrected chi connectivity index (χ0v) is 11.7. The van der Waals surface area contributed by atoms with Crippen LogP contribution in [-0.2, 0) is 0 Å². The molecule has 1 amide bonds. The van der Waals surface area contributed by atoms with Crippen LogP contribution in [-0.4, -0.2) is 29.9 Å². The first-order valence-corrected chi connectivity index (χ1v) is 6.75. The summed E-state index contributed by atoms with van der Waals surface area (Å²) in [5.74, 6) is 0.188. The van der Waals surface area contributed by atoms with E-state index in [9.17, 15) is 4.79 Å². The van der Waals surface area contributed by atoms with Crippen LogP contribution in [0.2, 0.25) is 10.0 Å². The van der Waals surface area contributed by atoms with E-state index in [0.717, 1.165) is 6.42 Å². The summed E-state index contributed by atoms with van der Waals surface area (Å²) in [4.78, 5) is 14.2. The standard InChI is InChI=1S/C13H16Cl2N2O/c1-8-7-17(6-5-11(8)16)13(18)12-9(14)3-2-4-10(12)15/h2-4,8,11H,5-7,16H2,1H3. The zero-order valence-electron chi connectivity index (χ0n) is 10.2. The van der Waals surface area contributed by atoms with Crippen LogP contribution in [0.5, 0.6) is 0 Å². The molecule has 1 fully saturated rings. The van der Waals surface area contributed by atoms with E-state index in [4.69, 9.17) is 28.9 Å². The van der Waals surface area contributed by atoms with Gasteiger partial charge in [0.25, 0.3) is 5.91 Å². The molecule has 1 heterocycles. The number of carbonyl (C=O) groups excluding carboxylic acids is 1. The predicted octanol–water partition coefficient (Wildman–Crippen LogP) is 2.80. The number of carbonyl (C=O) groups is 1. The van der Waals surface area contributed by atoms with Crippen molar-refractivity contribution in [3.63, 3.8) is 0 Å². The molecule has 0 bridgehead atoms. The molecule has 1 saturated heterocycles. The van der Waals surface area contributed by atoms with Gasteiger partial charge >= 0.3 is 0 Å². The number of nitrogens with zero attached hydrogens (tertiary/aromatic N) is 1. The Morgan fingerprint density at radius 1 is 1.39 bits per heavy atom. The van der Waals surface area contributed by atoms with Crippen LogP contribution in [0.25, 0.3) is 0 Å². The fourth-order valence-corrected chi connectivity index (χ4v) is 2.77. The summed E-state index contributed by atoms with van der Waals surface area (Å²) in [6.45, 7) is 3.37. The molecule has 98 valence electrons. The Kier molecular flexibility index (Phi) is 4.15. The predicted molar refractivity (Wildman–Crippen MR) is 74.1 cm³/mol. The fourth-order valence-electron chi connectivity index (χ4n) is 2.21. The molecular weight excluding hydrogens is 271 g/mol. The molecule has 2 unspecified atom stereocenters. The first-order chi connectivity index (χ1) is 8.50. The number of rotatable bonds is 1. The molecule has 0 aromatic heterocycles. The van der Waals surface area contributed by atoms with Crippen LogP contribution in [0.1, 0.15) is 23.7 Å². The van der Waals surface area contributed by atoms with Gasteiger partial charge in [0, 0.05) is 19.1 Å². The van der Waals surface area contributed by atoms with E-state index >= 15 is 0 Å². The van der Waals surface area contributed by atoms with Crippen molar-refractivity contribution in [2.45, 2.75) is 19.4 Å². The minimum atomic E-state index is -0.107.